The minimum atomic E-state index is -0.928. The van der Waals surface area contributed by atoms with Crippen LogP contribution < -0.4 is 0 Å². The van der Waals surface area contributed by atoms with E-state index in [1.54, 1.807) is 29.7 Å². The molecule has 0 radical (unpaired) electrons. The molecular weight excluding hydrogens is 418 g/mol. The maximum absolute atomic E-state index is 13.6. The summed E-state index contributed by atoms with van der Waals surface area (Å²) in [7, 11) is 0. The van der Waals surface area contributed by atoms with Gasteiger partial charge in [-0.2, -0.15) is 11.8 Å². The average molecular weight is 437 g/mol. The van der Waals surface area contributed by atoms with Gasteiger partial charge in [-0.3, -0.25) is 9.59 Å². The van der Waals surface area contributed by atoms with Crippen molar-refractivity contribution in [3.63, 3.8) is 0 Å². The second-order valence-electron chi connectivity index (χ2n) is 7.82. The van der Waals surface area contributed by atoms with E-state index >= 15 is 0 Å². The standard InChI is InChI=1S/C23H19NO6S/c1-10-8-12-16(15(26)9-10)18-19(24-13(6-7-31-2)23(29)30-22(12)24)21(28)17-11(20(18)27)4-3-5-14(17)25/h3-5,8-9,13,22,25-26H,6-7H2,1-2H3/t13-,22-/m0/s1. The summed E-state index contributed by atoms with van der Waals surface area (Å²) in [6, 6.07) is 6.85. The minimum Gasteiger partial charge on any atom is -0.507 e. The number of rotatable bonds is 3. The number of Topliss-reactive ketones (excluding diaryl/α,β-unsaturated/α-hetero) is 2. The van der Waals surface area contributed by atoms with E-state index in [-0.39, 0.29) is 39.5 Å². The van der Waals surface area contributed by atoms with Gasteiger partial charge in [0, 0.05) is 16.7 Å². The maximum Gasteiger partial charge on any atom is 0.331 e. The highest BCUT2D eigenvalue weighted by atomic mass is 32.2. The van der Waals surface area contributed by atoms with Gasteiger partial charge in [-0.15, -0.1) is 0 Å². The molecule has 1 fully saturated rings. The van der Waals surface area contributed by atoms with Crippen molar-refractivity contribution >= 4 is 34.9 Å². The van der Waals surface area contributed by atoms with Crippen LogP contribution in [0.5, 0.6) is 11.5 Å². The smallest absolute Gasteiger partial charge is 0.331 e. The van der Waals surface area contributed by atoms with Gasteiger partial charge >= 0.3 is 5.97 Å². The third-order valence-electron chi connectivity index (χ3n) is 5.94. The fraction of sp³-hybridized carbons (Fsp3) is 0.261. The van der Waals surface area contributed by atoms with Gasteiger partial charge in [0.05, 0.1) is 11.1 Å². The molecule has 7 nitrogen and oxygen atoms in total. The lowest BCUT2D eigenvalue weighted by Crippen LogP contribution is -2.42. The summed E-state index contributed by atoms with van der Waals surface area (Å²) < 4.78 is 5.67. The highest BCUT2D eigenvalue weighted by Gasteiger charge is 2.53. The number of ether oxygens (including phenoxy) is 1. The Kier molecular flexibility index (Phi) is 4.37. The molecule has 2 N–H and O–H groups in total. The van der Waals surface area contributed by atoms with E-state index in [1.165, 1.54) is 24.3 Å². The zero-order chi connectivity index (χ0) is 22.0. The van der Waals surface area contributed by atoms with Gasteiger partial charge in [0.15, 0.2) is 5.78 Å². The predicted molar refractivity (Wildman–Crippen MR) is 114 cm³/mol. The SMILES string of the molecule is CSCC[C@H]1C(=O)O[C@H]2c3cc(C)cc(O)c3C3=C(C(=O)c4c(O)cccc4C3=O)N12. The highest BCUT2D eigenvalue weighted by molar-refractivity contribution is 7.98. The van der Waals surface area contributed by atoms with Crippen LogP contribution in [0, 0.1) is 6.92 Å². The van der Waals surface area contributed by atoms with Gasteiger partial charge in [-0.25, -0.2) is 4.79 Å². The number of carbonyl (C=O) groups excluding carboxylic acids is 3. The Bertz CT molecular complexity index is 1220. The van der Waals surface area contributed by atoms with Crippen LogP contribution in [0.25, 0.3) is 5.57 Å². The molecule has 8 heteroatoms. The van der Waals surface area contributed by atoms with Gasteiger partial charge < -0.3 is 19.8 Å². The summed E-state index contributed by atoms with van der Waals surface area (Å²) in [6.07, 6.45) is 1.41. The molecule has 1 saturated heterocycles. The number of hydrogen-bond donors (Lipinski definition) is 2. The summed E-state index contributed by atoms with van der Waals surface area (Å²) in [4.78, 5) is 41.5. The maximum atomic E-state index is 13.6. The van der Waals surface area contributed by atoms with Gasteiger partial charge in [0.25, 0.3) is 0 Å². The van der Waals surface area contributed by atoms with E-state index in [1.807, 2.05) is 6.26 Å². The quantitative estimate of drug-likeness (QED) is 0.706. The summed E-state index contributed by atoms with van der Waals surface area (Å²) in [5.41, 5.74) is 1.42. The Hall–Kier alpha value is -3.26. The van der Waals surface area contributed by atoms with Crippen LogP contribution in [0.4, 0.5) is 0 Å². The van der Waals surface area contributed by atoms with Crippen molar-refractivity contribution in [1.29, 1.82) is 0 Å². The Morgan fingerprint density at radius 3 is 2.58 bits per heavy atom. The molecule has 2 atom stereocenters. The first-order valence-electron chi connectivity index (χ1n) is 9.82. The highest BCUT2D eigenvalue weighted by Crippen LogP contribution is 2.52. The minimum absolute atomic E-state index is 0.00685. The fourth-order valence-electron chi connectivity index (χ4n) is 4.68. The van der Waals surface area contributed by atoms with Crippen LogP contribution >= 0.6 is 11.8 Å². The van der Waals surface area contributed by atoms with E-state index in [9.17, 15) is 24.6 Å². The molecule has 2 heterocycles. The third kappa shape index (κ3) is 2.64. The van der Waals surface area contributed by atoms with Gasteiger partial charge in [-0.05, 0) is 49.1 Å². The molecule has 158 valence electrons. The predicted octanol–water partition coefficient (Wildman–Crippen LogP) is 3.19. The van der Waals surface area contributed by atoms with Gasteiger partial charge in [0.1, 0.15) is 23.2 Å². The van der Waals surface area contributed by atoms with Crippen LogP contribution in [0.15, 0.2) is 36.0 Å². The molecular formula is C23H19NO6S. The lowest BCUT2D eigenvalue weighted by molar-refractivity contribution is -0.143. The number of carbonyl (C=O) groups is 3. The fourth-order valence-corrected chi connectivity index (χ4v) is 5.14. The first-order chi connectivity index (χ1) is 14.8. The van der Waals surface area contributed by atoms with E-state index in [2.05, 4.69) is 0 Å². The van der Waals surface area contributed by atoms with Crippen molar-refractivity contribution in [2.75, 3.05) is 12.0 Å². The van der Waals surface area contributed by atoms with Crippen LogP contribution in [0.2, 0.25) is 0 Å². The average Bonchev–Trinajstić information content (AvgIpc) is 3.05. The van der Waals surface area contributed by atoms with Crippen molar-refractivity contribution in [2.24, 2.45) is 0 Å². The monoisotopic (exact) mass is 437 g/mol. The van der Waals surface area contributed by atoms with Crippen LogP contribution in [0.1, 0.15) is 50.1 Å². The number of ketones is 2. The summed E-state index contributed by atoms with van der Waals surface area (Å²) >= 11 is 1.56. The van der Waals surface area contributed by atoms with Gasteiger partial charge in [-0.1, -0.05) is 12.1 Å². The van der Waals surface area contributed by atoms with E-state index in [0.29, 0.717) is 17.7 Å². The molecule has 0 saturated carbocycles. The summed E-state index contributed by atoms with van der Waals surface area (Å²) in [5, 5.41) is 21.1. The molecule has 0 spiro atoms. The number of phenolic OH excluding ortho intramolecular Hbond substituents is 2. The number of thioether (sulfide) groups is 1. The molecule has 31 heavy (non-hydrogen) atoms. The summed E-state index contributed by atoms with van der Waals surface area (Å²) in [6.45, 7) is 1.79. The Morgan fingerprint density at radius 2 is 1.84 bits per heavy atom. The zero-order valence-corrected chi connectivity index (χ0v) is 17.7. The van der Waals surface area contributed by atoms with Crippen LogP contribution in [-0.4, -0.2) is 50.7 Å². The molecule has 0 unspecified atom stereocenters. The van der Waals surface area contributed by atoms with E-state index in [0.717, 1.165) is 5.56 Å². The van der Waals surface area contributed by atoms with Crippen molar-refractivity contribution in [3.05, 3.63) is 63.8 Å². The molecule has 5 rings (SSSR count). The van der Waals surface area contributed by atoms with Crippen molar-refractivity contribution in [2.45, 2.75) is 25.6 Å². The van der Waals surface area contributed by atoms with E-state index < -0.39 is 29.8 Å². The zero-order valence-electron chi connectivity index (χ0n) is 16.8. The molecule has 2 aliphatic heterocycles. The number of nitrogens with zero attached hydrogens (tertiary/aromatic N) is 1. The third-order valence-corrected chi connectivity index (χ3v) is 6.59. The molecule has 1 aliphatic carbocycles. The number of aryl methyl sites for hydroxylation is 1. The van der Waals surface area contributed by atoms with E-state index in [4.69, 9.17) is 4.74 Å². The number of benzene rings is 2. The largest absolute Gasteiger partial charge is 0.507 e. The Labute approximate surface area is 182 Å². The number of esters is 1. The second kappa shape index (κ2) is 6.88. The second-order valence-corrected chi connectivity index (χ2v) is 8.81. The number of fused-ring (bicyclic) bond motifs is 6. The van der Waals surface area contributed by atoms with Crippen molar-refractivity contribution in [3.8, 4) is 11.5 Å². The summed E-state index contributed by atoms with van der Waals surface area (Å²) in [5.74, 6) is -1.33. The first kappa shape index (κ1) is 19.7. The number of phenols is 2. The number of allylic oxidation sites excluding steroid dienone is 2. The lowest BCUT2D eigenvalue weighted by Gasteiger charge is -2.38. The lowest BCUT2D eigenvalue weighted by atomic mass is 9.78. The van der Waals surface area contributed by atoms with Crippen molar-refractivity contribution in [1.82, 2.24) is 4.90 Å². The normalized spacial score (nSPS) is 21.5. The Balaban J connectivity index is 1.83. The van der Waals surface area contributed by atoms with Gasteiger partial charge in [0.2, 0.25) is 12.0 Å². The number of hydrogen-bond acceptors (Lipinski definition) is 8. The number of aromatic hydroxyl groups is 2. The molecule has 0 bridgehead atoms. The molecule has 2 aromatic rings. The molecule has 2 aromatic carbocycles. The van der Waals surface area contributed by atoms with Crippen LogP contribution in [-0.2, 0) is 9.53 Å². The van der Waals surface area contributed by atoms with Crippen molar-refractivity contribution < 1.29 is 29.3 Å². The Morgan fingerprint density at radius 1 is 1.06 bits per heavy atom. The topological polar surface area (TPSA) is 104 Å². The molecule has 3 aliphatic rings. The molecule has 0 amide bonds. The van der Waals surface area contributed by atoms with Crippen LogP contribution in [0.3, 0.4) is 0 Å². The first-order valence-corrected chi connectivity index (χ1v) is 11.2. The molecule has 0 aromatic heterocycles.